The second kappa shape index (κ2) is 7.65. The van der Waals surface area contributed by atoms with E-state index in [0.717, 1.165) is 29.6 Å². The number of piperidine rings is 1. The van der Waals surface area contributed by atoms with Crippen LogP contribution in [0.1, 0.15) is 29.0 Å². The molecule has 7 heteroatoms. The average molecular weight is 363 g/mol. The second-order valence-corrected chi connectivity index (χ2v) is 6.80. The molecule has 0 bridgehead atoms. The Balaban J connectivity index is 1.32. The predicted molar refractivity (Wildman–Crippen MR) is 100 cm³/mol. The molecule has 1 aromatic carbocycles. The van der Waals surface area contributed by atoms with Gasteiger partial charge in [0, 0.05) is 19.2 Å². The Morgan fingerprint density at radius 2 is 1.89 bits per heavy atom. The lowest BCUT2D eigenvalue weighted by Crippen LogP contribution is -2.40. The van der Waals surface area contributed by atoms with E-state index < -0.39 is 0 Å². The zero-order valence-electron chi connectivity index (χ0n) is 15.2. The summed E-state index contributed by atoms with van der Waals surface area (Å²) < 4.78 is 5.73. The number of hydrogen-bond acceptors (Lipinski definition) is 6. The van der Waals surface area contributed by atoms with E-state index in [1.807, 2.05) is 48.2 Å². The van der Waals surface area contributed by atoms with E-state index in [4.69, 9.17) is 4.74 Å². The molecule has 3 aromatic rings. The fourth-order valence-electron chi connectivity index (χ4n) is 3.19. The van der Waals surface area contributed by atoms with Crippen LogP contribution in [0.25, 0.3) is 11.0 Å². The van der Waals surface area contributed by atoms with E-state index in [2.05, 4.69) is 20.2 Å². The first kappa shape index (κ1) is 17.3. The van der Waals surface area contributed by atoms with E-state index in [9.17, 15) is 4.79 Å². The summed E-state index contributed by atoms with van der Waals surface area (Å²) in [7, 11) is 0. The Kier molecular flexibility index (Phi) is 4.91. The van der Waals surface area contributed by atoms with Gasteiger partial charge in [-0.1, -0.05) is 12.1 Å². The van der Waals surface area contributed by atoms with Crippen molar-refractivity contribution in [2.24, 2.45) is 5.92 Å². The molecular formula is C20H21N5O2. The highest BCUT2D eigenvalue weighted by molar-refractivity contribution is 5.93. The van der Waals surface area contributed by atoms with E-state index in [1.54, 1.807) is 6.20 Å². The number of ether oxygens (including phenoxy) is 1. The van der Waals surface area contributed by atoms with Crippen molar-refractivity contribution in [2.45, 2.75) is 19.8 Å². The molecule has 1 aliphatic heterocycles. The summed E-state index contributed by atoms with van der Waals surface area (Å²) >= 11 is 0. The Morgan fingerprint density at radius 3 is 2.63 bits per heavy atom. The summed E-state index contributed by atoms with van der Waals surface area (Å²) in [6, 6.07) is 11.3. The SMILES string of the molecule is Cc1ccc(OCC2CCN(C(=O)c3cnc4ccccc4n3)CC2)nn1. The first-order valence-corrected chi connectivity index (χ1v) is 9.13. The Hall–Kier alpha value is -3.09. The number of amides is 1. The van der Waals surface area contributed by atoms with E-state index in [-0.39, 0.29) is 5.91 Å². The summed E-state index contributed by atoms with van der Waals surface area (Å²) in [5.74, 6) is 0.891. The van der Waals surface area contributed by atoms with E-state index in [0.29, 0.717) is 37.2 Å². The number of likely N-dealkylation sites (tertiary alicyclic amines) is 1. The smallest absolute Gasteiger partial charge is 0.274 e. The number of fused-ring (bicyclic) bond motifs is 1. The summed E-state index contributed by atoms with van der Waals surface area (Å²) in [5, 5.41) is 8.01. The molecule has 0 aliphatic carbocycles. The summed E-state index contributed by atoms with van der Waals surface area (Å²) in [6.07, 6.45) is 3.36. The molecule has 7 nitrogen and oxygen atoms in total. The lowest BCUT2D eigenvalue weighted by atomic mass is 9.97. The molecule has 1 saturated heterocycles. The van der Waals surface area contributed by atoms with Crippen LogP contribution in [-0.2, 0) is 0 Å². The third-order valence-corrected chi connectivity index (χ3v) is 4.81. The quantitative estimate of drug-likeness (QED) is 0.709. The van der Waals surface area contributed by atoms with E-state index >= 15 is 0 Å². The first-order chi connectivity index (χ1) is 13.2. The Morgan fingerprint density at radius 1 is 1.11 bits per heavy atom. The Bertz CT molecular complexity index is 937. The van der Waals surface area contributed by atoms with Gasteiger partial charge in [-0.25, -0.2) is 4.98 Å². The van der Waals surface area contributed by atoms with Crippen molar-refractivity contribution < 1.29 is 9.53 Å². The van der Waals surface area contributed by atoms with Crippen molar-refractivity contribution in [3.05, 3.63) is 54.0 Å². The Labute approximate surface area is 157 Å². The minimum Gasteiger partial charge on any atom is -0.476 e. The zero-order valence-corrected chi connectivity index (χ0v) is 15.2. The molecule has 1 aliphatic rings. The molecular weight excluding hydrogens is 342 g/mol. The number of carbonyl (C=O) groups is 1. The van der Waals surface area contributed by atoms with Gasteiger partial charge in [0.05, 0.1) is 29.5 Å². The molecule has 4 rings (SSSR count). The number of para-hydroxylation sites is 2. The lowest BCUT2D eigenvalue weighted by molar-refractivity contribution is 0.0653. The summed E-state index contributed by atoms with van der Waals surface area (Å²) in [5.41, 5.74) is 2.80. The minimum atomic E-state index is -0.0583. The fraction of sp³-hybridized carbons (Fsp3) is 0.350. The zero-order chi connectivity index (χ0) is 18.6. The third-order valence-electron chi connectivity index (χ3n) is 4.81. The van der Waals surface area contributed by atoms with Crippen molar-refractivity contribution in [2.75, 3.05) is 19.7 Å². The van der Waals surface area contributed by atoms with Gasteiger partial charge in [0.25, 0.3) is 5.91 Å². The van der Waals surface area contributed by atoms with Crippen LogP contribution in [0.15, 0.2) is 42.6 Å². The van der Waals surface area contributed by atoms with Crippen molar-refractivity contribution >= 4 is 16.9 Å². The predicted octanol–water partition coefficient (Wildman–Crippen LogP) is 2.66. The highest BCUT2D eigenvalue weighted by Gasteiger charge is 2.25. The monoisotopic (exact) mass is 363 g/mol. The first-order valence-electron chi connectivity index (χ1n) is 9.13. The molecule has 0 unspecified atom stereocenters. The fourth-order valence-corrected chi connectivity index (χ4v) is 3.19. The van der Waals surface area contributed by atoms with Crippen LogP contribution in [0.5, 0.6) is 5.88 Å². The van der Waals surface area contributed by atoms with Gasteiger partial charge in [0.1, 0.15) is 5.69 Å². The second-order valence-electron chi connectivity index (χ2n) is 6.80. The topological polar surface area (TPSA) is 81.1 Å². The highest BCUT2D eigenvalue weighted by Crippen LogP contribution is 2.20. The number of hydrogen-bond donors (Lipinski definition) is 0. The molecule has 3 heterocycles. The molecule has 1 amide bonds. The molecule has 0 saturated carbocycles. The molecule has 1 fully saturated rings. The summed E-state index contributed by atoms with van der Waals surface area (Å²) in [4.78, 5) is 23.4. The van der Waals surface area contributed by atoms with Crippen molar-refractivity contribution in [3.63, 3.8) is 0 Å². The number of aryl methyl sites for hydroxylation is 1. The number of aromatic nitrogens is 4. The van der Waals surface area contributed by atoms with Crippen molar-refractivity contribution in [3.8, 4) is 5.88 Å². The normalized spacial score (nSPS) is 15.1. The largest absolute Gasteiger partial charge is 0.476 e. The molecule has 0 radical (unpaired) electrons. The van der Waals surface area contributed by atoms with Crippen molar-refractivity contribution in [1.29, 1.82) is 0 Å². The van der Waals surface area contributed by atoms with Crippen LogP contribution in [-0.4, -0.2) is 50.7 Å². The van der Waals surface area contributed by atoms with Gasteiger partial charge >= 0.3 is 0 Å². The van der Waals surface area contributed by atoms with Gasteiger partial charge in [-0.3, -0.25) is 9.78 Å². The molecule has 27 heavy (non-hydrogen) atoms. The lowest BCUT2D eigenvalue weighted by Gasteiger charge is -2.31. The van der Waals surface area contributed by atoms with Gasteiger partial charge in [0.2, 0.25) is 5.88 Å². The highest BCUT2D eigenvalue weighted by atomic mass is 16.5. The van der Waals surface area contributed by atoms with Crippen LogP contribution < -0.4 is 4.74 Å². The van der Waals surface area contributed by atoms with E-state index in [1.165, 1.54) is 0 Å². The minimum absolute atomic E-state index is 0.0583. The molecule has 0 atom stereocenters. The maximum absolute atomic E-state index is 12.7. The maximum atomic E-state index is 12.7. The van der Waals surface area contributed by atoms with Crippen LogP contribution in [0.2, 0.25) is 0 Å². The summed E-state index contributed by atoms with van der Waals surface area (Å²) in [6.45, 7) is 3.88. The molecule has 0 spiro atoms. The van der Waals surface area contributed by atoms with Crippen molar-refractivity contribution in [1.82, 2.24) is 25.1 Å². The van der Waals surface area contributed by atoms with Crippen LogP contribution in [0.4, 0.5) is 0 Å². The number of benzene rings is 1. The third kappa shape index (κ3) is 4.02. The van der Waals surface area contributed by atoms with Crippen LogP contribution >= 0.6 is 0 Å². The van der Waals surface area contributed by atoms with Crippen LogP contribution in [0, 0.1) is 12.8 Å². The number of carbonyl (C=O) groups excluding carboxylic acids is 1. The van der Waals surface area contributed by atoms with Gasteiger partial charge in [-0.2, -0.15) is 5.10 Å². The van der Waals surface area contributed by atoms with Gasteiger partial charge in [0.15, 0.2) is 0 Å². The standard InChI is InChI=1S/C20H21N5O2/c1-14-6-7-19(24-23-14)27-13-15-8-10-25(11-9-15)20(26)18-12-21-16-4-2-3-5-17(16)22-18/h2-7,12,15H,8-11,13H2,1H3. The average Bonchev–Trinajstić information content (AvgIpc) is 2.73. The number of rotatable bonds is 4. The van der Waals surface area contributed by atoms with Crippen LogP contribution in [0.3, 0.4) is 0 Å². The molecule has 2 aromatic heterocycles. The van der Waals surface area contributed by atoms with Gasteiger partial charge in [-0.15, -0.1) is 5.10 Å². The molecule has 138 valence electrons. The molecule has 0 N–H and O–H groups in total. The number of nitrogens with zero attached hydrogens (tertiary/aromatic N) is 5. The maximum Gasteiger partial charge on any atom is 0.274 e. The van der Waals surface area contributed by atoms with Gasteiger partial charge in [-0.05, 0) is 43.9 Å². The van der Waals surface area contributed by atoms with Gasteiger partial charge < -0.3 is 9.64 Å².